The monoisotopic (exact) mass is 376 g/mol. The van der Waals surface area contributed by atoms with Gasteiger partial charge in [0.2, 0.25) is 0 Å². The molecule has 1 amide bonds. The van der Waals surface area contributed by atoms with Crippen LogP contribution in [0.1, 0.15) is 27.5 Å². The van der Waals surface area contributed by atoms with Crippen molar-refractivity contribution in [1.29, 1.82) is 0 Å². The zero-order chi connectivity index (χ0) is 19.4. The van der Waals surface area contributed by atoms with Gasteiger partial charge in [0.15, 0.2) is 0 Å². The highest BCUT2D eigenvalue weighted by molar-refractivity contribution is 6.06. The van der Waals surface area contributed by atoms with Crippen molar-refractivity contribution >= 4 is 17.1 Å². The summed E-state index contributed by atoms with van der Waals surface area (Å²) >= 11 is 0. The number of amides is 1. The average molecular weight is 376 g/mol. The van der Waals surface area contributed by atoms with Gasteiger partial charge in [-0.05, 0) is 18.2 Å². The van der Waals surface area contributed by atoms with Gasteiger partial charge in [0, 0.05) is 40.2 Å². The van der Waals surface area contributed by atoms with Gasteiger partial charge in [-0.3, -0.25) is 4.79 Å². The number of nitrogens with one attached hydrogen (secondary N) is 1. The number of rotatable bonds is 2. The summed E-state index contributed by atoms with van der Waals surface area (Å²) in [6, 6.07) is 12.1. The molecule has 7 heteroatoms. The van der Waals surface area contributed by atoms with Crippen LogP contribution in [0.2, 0.25) is 0 Å². The molecule has 2 aromatic heterocycles. The van der Waals surface area contributed by atoms with E-state index in [4.69, 9.17) is 5.73 Å². The van der Waals surface area contributed by atoms with Crippen LogP contribution in [0.15, 0.2) is 60.9 Å². The summed E-state index contributed by atoms with van der Waals surface area (Å²) in [5.74, 6) is -1.90. The van der Waals surface area contributed by atoms with Crippen molar-refractivity contribution in [3.05, 3.63) is 89.2 Å². The number of anilines is 1. The van der Waals surface area contributed by atoms with Crippen LogP contribution in [0.4, 0.5) is 14.5 Å². The van der Waals surface area contributed by atoms with Gasteiger partial charge in [-0.15, -0.1) is 0 Å². The normalized spacial score (nSPS) is 15.0. The summed E-state index contributed by atoms with van der Waals surface area (Å²) in [5.41, 5.74) is 9.66. The second-order valence-corrected chi connectivity index (χ2v) is 6.65. The second kappa shape index (κ2) is 5.88. The van der Waals surface area contributed by atoms with Crippen LogP contribution in [-0.4, -0.2) is 15.5 Å². The molecular formula is C21H14F2N4O. The van der Waals surface area contributed by atoms with E-state index in [0.717, 1.165) is 11.6 Å². The van der Waals surface area contributed by atoms with Crippen LogP contribution in [0.3, 0.4) is 0 Å². The molecule has 0 radical (unpaired) electrons. The Hall–Kier alpha value is -3.74. The van der Waals surface area contributed by atoms with E-state index in [1.54, 1.807) is 10.7 Å². The maximum Gasteiger partial charge on any atom is 0.251 e. The average Bonchev–Trinajstić information content (AvgIpc) is 3.04. The highest BCUT2D eigenvalue weighted by atomic mass is 19.1. The van der Waals surface area contributed by atoms with E-state index in [9.17, 15) is 13.6 Å². The lowest BCUT2D eigenvalue weighted by Crippen LogP contribution is -2.14. The molecule has 138 valence electrons. The van der Waals surface area contributed by atoms with Crippen LogP contribution < -0.4 is 11.1 Å². The second-order valence-electron chi connectivity index (χ2n) is 6.65. The molecule has 5 nitrogen and oxygen atoms in total. The van der Waals surface area contributed by atoms with Gasteiger partial charge in [0.25, 0.3) is 5.91 Å². The zero-order valence-corrected chi connectivity index (χ0v) is 14.5. The molecule has 28 heavy (non-hydrogen) atoms. The van der Waals surface area contributed by atoms with Gasteiger partial charge in [-0.2, -0.15) is 5.10 Å². The summed E-state index contributed by atoms with van der Waals surface area (Å²) in [5, 5.41) is 7.62. The minimum absolute atomic E-state index is 0.280. The Morgan fingerprint density at radius 1 is 1.11 bits per heavy atom. The highest BCUT2D eigenvalue weighted by Crippen LogP contribution is 2.43. The fraction of sp³-hybridized carbons (Fsp3) is 0.0476. The third-order valence-electron chi connectivity index (χ3n) is 5.06. The zero-order valence-electron chi connectivity index (χ0n) is 14.5. The Bertz CT molecular complexity index is 1260. The Kier molecular flexibility index (Phi) is 3.45. The summed E-state index contributed by atoms with van der Waals surface area (Å²) < 4.78 is 29.7. The first-order valence-electron chi connectivity index (χ1n) is 8.65. The molecule has 0 fully saturated rings. The number of para-hydroxylation sites is 1. The van der Waals surface area contributed by atoms with E-state index in [1.807, 2.05) is 30.3 Å². The molecule has 1 atom stereocenters. The molecule has 3 heterocycles. The van der Waals surface area contributed by atoms with Crippen molar-refractivity contribution in [3.8, 4) is 11.1 Å². The van der Waals surface area contributed by atoms with Gasteiger partial charge in [0.05, 0.1) is 23.3 Å². The number of benzene rings is 2. The van der Waals surface area contributed by atoms with E-state index in [2.05, 4.69) is 10.4 Å². The number of aromatic nitrogens is 2. The maximum atomic E-state index is 14.6. The summed E-state index contributed by atoms with van der Waals surface area (Å²) in [6.07, 6.45) is 3.17. The lowest BCUT2D eigenvalue weighted by atomic mass is 9.96. The topological polar surface area (TPSA) is 72.4 Å². The first kappa shape index (κ1) is 16.4. The van der Waals surface area contributed by atoms with E-state index in [-0.39, 0.29) is 5.56 Å². The Labute approximate surface area is 158 Å². The van der Waals surface area contributed by atoms with E-state index in [1.165, 1.54) is 18.3 Å². The van der Waals surface area contributed by atoms with Gasteiger partial charge >= 0.3 is 0 Å². The van der Waals surface area contributed by atoms with Crippen molar-refractivity contribution < 1.29 is 13.6 Å². The molecule has 1 aliphatic heterocycles. The van der Waals surface area contributed by atoms with Gasteiger partial charge in [0.1, 0.15) is 11.6 Å². The molecule has 0 saturated heterocycles. The number of nitrogens with zero attached hydrogens (tertiary/aromatic N) is 2. The standard InChI is InChI=1S/C21H14F2N4O/c22-11-5-6-12(16(23)9-11)19-14-7-8-27-20(14)18(15(10-25-27)21(24)28)13-3-1-2-4-17(13)26-19/h1-10,19,26H,(H2,24,28). The minimum Gasteiger partial charge on any atom is -0.373 e. The largest absolute Gasteiger partial charge is 0.373 e. The first-order valence-corrected chi connectivity index (χ1v) is 8.65. The molecule has 0 spiro atoms. The number of primary amides is 1. The molecule has 0 aliphatic carbocycles. The lowest BCUT2D eigenvalue weighted by Gasteiger charge is -2.20. The molecule has 4 aromatic rings. The quantitative estimate of drug-likeness (QED) is 0.557. The van der Waals surface area contributed by atoms with Crippen LogP contribution in [0.5, 0.6) is 0 Å². The van der Waals surface area contributed by atoms with Crippen molar-refractivity contribution in [2.75, 3.05) is 5.32 Å². The molecule has 5 rings (SSSR count). The third kappa shape index (κ3) is 2.29. The first-order chi connectivity index (χ1) is 13.5. The number of halogens is 2. The fourth-order valence-electron chi connectivity index (χ4n) is 3.84. The molecule has 1 aliphatic rings. The molecular weight excluding hydrogens is 362 g/mol. The minimum atomic E-state index is -0.656. The van der Waals surface area contributed by atoms with Gasteiger partial charge < -0.3 is 11.1 Å². The van der Waals surface area contributed by atoms with Gasteiger partial charge in [-0.1, -0.05) is 24.3 Å². The van der Waals surface area contributed by atoms with Crippen molar-refractivity contribution in [1.82, 2.24) is 9.61 Å². The Morgan fingerprint density at radius 2 is 1.93 bits per heavy atom. The number of hydrogen-bond acceptors (Lipinski definition) is 3. The molecule has 2 aromatic carbocycles. The molecule has 3 N–H and O–H groups in total. The number of carbonyl (C=O) groups is 1. The van der Waals surface area contributed by atoms with Crippen LogP contribution in [0.25, 0.3) is 16.6 Å². The number of carbonyl (C=O) groups excluding carboxylic acids is 1. The molecule has 1 unspecified atom stereocenters. The number of fused-ring (bicyclic) bond motifs is 2. The van der Waals surface area contributed by atoms with Crippen molar-refractivity contribution in [2.45, 2.75) is 6.04 Å². The smallest absolute Gasteiger partial charge is 0.251 e. The number of hydrogen-bond donors (Lipinski definition) is 2. The van der Waals surface area contributed by atoms with E-state index in [0.29, 0.717) is 27.9 Å². The maximum absolute atomic E-state index is 14.6. The molecule has 0 bridgehead atoms. The van der Waals surface area contributed by atoms with Crippen molar-refractivity contribution in [2.24, 2.45) is 5.73 Å². The lowest BCUT2D eigenvalue weighted by molar-refractivity contribution is 0.100. The molecule has 0 saturated carbocycles. The van der Waals surface area contributed by atoms with Crippen LogP contribution >= 0.6 is 0 Å². The fourth-order valence-corrected chi connectivity index (χ4v) is 3.84. The predicted octanol–water partition coefficient (Wildman–Crippen LogP) is 3.89. The van der Waals surface area contributed by atoms with Crippen LogP contribution in [0, 0.1) is 11.6 Å². The summed E-state index contributed by atoms with van der Waals surface area (Å²) in [4.78, 5) is 12.1. The van der Waals surface area contributed by atoms with Crippen LogP contribution in [-0.2, 0) is 0 Å². The summed E-state index contributed by atoms with van der Waals surface area (Å²) in [6.45, 7) is 0. The highest BCUT2D eigenvalue weighted by Gasteiger charge is 2.30. The Balaban J connectivity index is 1.89. The van der Waals surface area contributed by atoms with E-state index >= 15 is 0 Å². The number of nitrogens with two attached hydrogens (primary N) is 1. The third-order valence-corrected chi connectivity index (χ3v) is 5.06. The SMILES string of the molecule is NC(=O)c1cnn2ccc3c2c1-c1ccccc1NC3c1ccc(F)cc1F. The van der Waals surface area contributed by atoms with E-state index < -0.39 is 23.6 Å². The van der Waals surface area contributed by atoms with Gasteiger partial charge in [-0.25, -0.2) is 13.3 Å². The van der Waals surface area contributed by atoms with Crippen molar-refractivity contribution in [3.63, 3.8) is 0 Å². The predicted molar refractivity (Wildman–Crippen MR) is 101 cm³/mol. The Morgan fingerprint density at radius 3 is 2.71 bits per heavy atom. The summed E-state index contributed by atoms with van der Waals surface area (Å²) in [7, 11) is 0.